The van der Waals surface area contributed by atoms with Crippen LogP contribution in [0.1, 0.15) is 28.7 Å². The molecule has 2 rings (SSSR count). The van der Waals surface area contributed by atoms with E-state index in [2.05, 4.69) is 15.0 Å². The Bertz CT molecular complexity index is 1020. The van der Waals surface area contributed by atoms with Crippen molar-refractivity contribution in [3.8, 4) is 0 Å². The van der Waals surface area contributed by atoms with Gasteiger partial charge in [0.25, 0.3) is 0 Å². The fourth-order valence-corrected chi connectivity index (χ4v) is 3.98. The molecule has 0 atom stereocenters. The average Bonchev–Trinajstić information content (AvgIpc) is 2.91. The lowest BCUT2D eigenvalue weighted by Gasteiger charge is -2.10. The van der Waals surface area contributed by atoms with E-state index in [1.165, 1.54) is 13.8 Å². The van der Waals surface area contributed by atoms with E-state index in [1.807, 2.05) is 0 Å². The SMILES string of the molecule is CCOC(=O)c1c(C)[nH]c(C)c1S(=O)(=O)NCC(=O)Nc1ccc(F)c(F)c1. The summed E-state index contributed by atoms with van der Waals surface area (Å²) in [6.45, 7) is 3.95. The first-order valence-corrected chi connectivity index (χ1v) is 9.66. The van der Waals surface area contributed by atoms with Crippen molar-refractivity contribution in [2.45, 2.75) is 25.7 Å². The Labute approximate surface area is 160 Å². The van der Waals surface area contributed by atoms with Gasteiger partial charge in [0.15, 0.2) is 11.6 Å². The highest BCUT2D eigenvalue weighted by molar-refractivity contribution is 7.89. The molecule has 1 aromatic heterocycles. The number of hydrogen-bond donors (Lipinski definition) is 3. The smallest absolute Gasteiger partial charge is 0.341 e. The number of hydrogen-bond acceptors (Lipinski definition) is 5. The maximum atomic E-state index is 13.2. The van der Waals surface area contributed by atoms with Crippen LogP contribution in [0, 0.1) is 25.5 Å². The molecule has 0 saturated carbocycles. The first-order chi connectivity index (χ1) is 13.1. The Kier molecular flexibility index (Phi) is 6.52. The highest BCUT2D eigenvalue weighted by Crippen LogP contribution is 2.24. The molecule has 1 aromatic carbocycles. The Hall–Kier alpha value is -2.79. The second kappa shape index (κ2) is 8.48. The van der Waals surface area contributed by atoms with Gasteiger partial charge in [-0.25, -0.2) is 26.7 Å². The summed E-state index contributed by atoms with van der Waals surface area (Å²) in [5, 5.41) is 2.24. The van der Waals surface area contributed by atoms with E-state index in [9.17, 15) is 26.8 Å². The summed E-state index contributed by atoms with van der Waals surface area (Å²) in [5.41, 5.74) is 0.327. The summed E-state index contributed by atoms with van der Waals surface area (Å²) in [4.78, 5) is 26.5. The third-order valence-corrected chi connectivity index (χ3v) is 5.26. The Morgan fingerprint density at radius 1 is 1.14 bits per heavy atom. The predicted octanol–water partition coefficient (Wildman–Crippen LogP) is 2.00. The molecule has 28 heavy (non-hydrogen) atoms. The van der Waals surface area contributed by atoms with Crippen LogP contribution in [0.5, 0.6) is 0 Å². The molecule has 0 aliphatic carbocycles. The number of rotatable bonds is 7. The van der Waals surface area contributed by atoms with Crippen LogP contribution < -0.4 is 10.0 Å². The molecule has 0 unspecified atom stereocenters. The Morgan fingerprint density at radius 2 is 1.82 bits per heavy atom. The maximum Gasteiger partial charge on any atom is 0.341 e. The van der Waals surface area contributed by atoms with Crippen LogP contribution in [-0.2, 0) is 19.6 Å². The lowest BCUT2D eigenvalue weighted by Crippen LogP contribution is -2.33. The zero-order chi connectivity index (χ0) is 21.1. The van der Waals surface area contributed by atoms with Crippen molar-refractivity contribution in [3.05, 3.63) is 46.8 Å². The number of halogens is 2. The van der Waals surface area contributed by atoms with Crippen molar-refractivity contribution in [2.75, 3.05) is 18.5 Å². The van der Waals surface area contributed by atoms with Gasteiger partial charge in [-0.3, -0.25) is 4.79 Å². The average molecular weight is 415 g/mol. The van der Waals surface area contributed by atoms with Gasteiger partial charge in [0.2, 0.25) is 15.9 Å². The van der Waals surface area contributed by atoms with Crippen LogP contribution in [0.25, 0.3) is 0 Å². The topological polar surface area (TPSA) is 117 Å². The van der Waals surface area contributed by atoms with Crippen LogP contribution in [0.4, 0.5) is 14.5 Å². The van der Waals surface area contributed by atoms with Crippen LogP contribution in [0.15, 0.2) is 23.1 Å². The number of carbonyl (C=O) groups excluding carboxylic acids is 2. The number of benzene rings is 1. The molecule has 0 radical (unpaired) electrons. The standard InChI is InChI=1S/C17H19F2N3O5S/c1-4-27-17(24)15-9(2)21-10(3)16(15)28(25,26)20-8-14(23)22-11-5-6-12(18)13(19)7-11/h5-7,20-21H,4,8H2,1-3H3,(H,22,23). The fourth-order valence-electron chi connectivity index (χ4n) is 2.56. The lowest BCUT2D eigenvalue weighted by atomic mass is 10.2. The molecule has 0 fully saturated rings. The van der Waals surface area contributed by atoms with Gasteiger partial charge in [-0.05, 0) is 32.9 Å². The molecule has 8 nitrogen and oxygen atoms in total. The van der Waals surface area contributed by atoms with Crippen LogP contribution in [0.3, 0.4) is 0 Å². The molecule has 3 N–H and O–H groups in total. The number of sulfonamides is 1. The van der Waals surface area contributed by atoms with Gasteiger partial charge in [0.1, 0.15) is 10.5 Å². The minimum atomic E-state index is -4.24. The first kappa shape index (κ1) is 21.5. The molecular weight excluding hydrogens is 396 g/mol. The number of amides is 1. The first-order valence-electron chi connectivity index (χ1n) is 8.17. The summed E-state index contributed by atoms with van der Waals surface area (Å²) in [6.07, 6.45) is 0. The maximum absolute atomic E-state index is 13.2. The second-order valence-corrected chi connectivity index (χ2v) is 7.51. The number of esters is 1. The molecule has 0 saturated heterocycles. The molecular formula is C17H19F2N3O5S. The van der Waals surface area contributed by atoms with Gasteiger partial charge < -0.3 is 15.0 Å². The van der Waals surface area contributed by atoms with E-state index in [1.54, 1.807) is 6.92 Å². The van der Waals surface area contributed by atoms with Gasteiger partial charge in [-0.2, -0.15) is 0 Å². The summed E-state index contributed by atoms with van der Waals surface area (Å²) < 4.78 is 58.3. The second-order valence-electron chi connectivity index (χ2n) is 5.80. The summed E-state index contributed by atoms with van der Waals surface area (Å²) in [6, 6.07) is 2.72. The highest BCUT2D eigenvalue weighted by Gasteiger charge is 2.30. The summed E-state index contributed by atoms with van der Waals surface area (Å²) in [5.74, 6) is -3.85. The van der Waals surface area contributed by atoms with Crippen molar-refractivity contribution in [3.63, 3.8) is 0 Å². The largest absolute Gasteiger partial charge is 0.462 e. The minimum Gasteiger partial charge on any atom is -0.462 e. The van der Waals surface area contributed by atoms with Gasteiger partial charge in [0.05, 0.1) is 13.2 Å². The van der Waals surface area contributed by atoms with Crippen molar-refractivity contribution in [1.82, 2.24) is 9.71 Å². The predicted molar refractivity (Wildman–Crippen MR) is 96.4 cm³/mol. The molecule has 2 aromatic rings. The van der Waals surface area contributed by atoms with Crippen molar-refractivity contribution in [1.29, 1.82) is 0 Å². The molecule has 152 valence electrons. The zero-order valence-corrected chi connectivity index (χ0v) is 16.2. The summed E-state index contributed by atoms with van der Waals surface area (Å²) >= 11 is 0. The van der Waals surface area contributed by atoms with Crippen LogP contribution in [0.2, 0.25) is 0 Å². The summed E-state index contributed by atoms with van der Waals surface area (Å²) in [7, 11) is -4.24. The number of ether oxygens (including phenoxy) is 1. The molecule has 1 heterocycles. The molecule has 0 bridgehead atoms. The third kappa shape index (κ3) is 4.73. The number of aromatic nitrogens is 1. The van der Waals surface area contributed by atoms with E-state index < -0.39 is 40.1 Å². The van der Waals surface area contributed by atoms with Crippen molar-refractivity contribution >= 4 is 27.6 Å². The van der Waals surface area contributed by atoms with E-state index >= 15 is 0 Å². The zero-order valence-electron chi connectivity index (χ0n) is 15.4. The van der Waals surface area contributed by atoms with Crippen molar-refractivity contribution < 1.29 is 31.5 Å². The molecule has 0 aliphatic heterocycles. The molecule has 11 heteroatoms. The number of nitrogens with one attached hydrogen (secondary N) is 3. The Morgan fingerprint density at radius 3 is 2.43 bits per heavy atom. The number of H-pyrrole nitrogens is 1. The number of aryl methyl sites for hydroxylation is 2. The van der Waals surface area contributed by atoms with Crippen LogP contribution >= 0.6 is 0 Å². The molecule has 1 amide bonds. The van der Waals surface area contributed by atoms with E-state index in [0.717, 1.165) is 18.2 Å². The normalized spacial score (nSPS) is 11.3. The highest BCUT2D eigenvalue weighted by atomic mass is 32.2. The lowest BCUT2D eigenvalue weighted by molar-refractivity contribution is -0.115. The molecule has 0 aliphatic rings. The van der Waals surface area contributed by atoms with E-state index in [4.69, 9.17) is 4.74 Å². The number of aromatic amines is 1. The van der Waals surface area contributed by atoms with Gasteiger partial charge in [-0.15, -0.1) is 0 Å². The monoisotopic (exact) mass is 415 g/mol. The third-order valence-electron chi connectivity index (χ3n) is 3.69. The quantitative estimate of drug-likeness (QED) is 0.598. The van der Waals surface area contributed by atoms with Crippen LogP contribution in [-0.4, -0.2) is 38.4 Å². The van der Waals surface area contributed by atoms with Gasteiger partial charge in [-0.1, -0.05) is 0 Å². The van der Waals surface area contributed by atoms with Gasteiger partial charge in [0, 0.05) is 23.1 Å². The van der Waals surface area contributed by atoms with Crippen molar-refractivity contribution in [2.24, 2.45) is 0 Å². The van der Waals surface area contributed by atoms with E-state index in [-0.39, 0.29) is 28.4 Å². The number of carbonyl (C=O) groups is 2. The van der Waals surface area contributed by atoms with E-state index in [0.29, 0.717) is 5.69 Å². The minimum absolute atomic E-state index is 0.0380. The van der Waals surface area contributed by atoms with Gasteiger partial charge >= 0.3 is 5.97 Å². The molecule has 0 spiro atoms. The Balaban J connectivity index is 2.17. The number of anilines is 1. The fraction of sp³-hybridized carbons (Fsp3) is 0.294.